The first-order valence-corrected chi connectivity index (χ1v) is 10.5. The number of aromatic nitrogens is 4. The summed E-state index contributed by atoms with van der Waals surface area (Å²) in [5.74, 6) is 1.38. The van der Waals surface area contributed by atoms with Crippen molar-refractivity contribution in [3.05, 3.63) is 16.3 Å². The molecule has 3 aliphatic carbocycles. The predicted octanol–water partition coefficient (Wildman–Crippen LogP) is 2.03. The fourth-order valence-corrected chi connectivity index (χ4v) is 4.95. The molecule has 3 fully saturated rings. The third kappa shape index (κ3) is 3.03. The number of aliphatic hydroxyl groups is 2. The van der Waals surface area contributed by atoms with Gasteiger partial charge >= 0.3 is 5.69 Å². The predicted molar refractivity (Wildman–Crippen MR) is 107 cm³/mol. The quantitative estimate of drug-likeness (QED) is 0.626. The molecule has 0 atom stereocenters. The number of nitrogens with one attached hydrogen (secondary N) is 1. The molecule has 0 amide bonds. The molecular weight excluding hydrogens is 358 g/mol. The standard InChI is InChI=1S/C20H31N5O3/c1-3-11-24(13-26)15-14-16(25(12-4-2)18(27)23-15)22-17(21-14)19-5-8-20(28,9-6-19)10-7-19/h26,28H,3-13H2,1-2H3,(H,21,22). The number of aryl methyl sites for hydroxylation is 1. The van der Waals surface area contributed by atoms with E-state index >= 15 is 0 Å². The van der Waals surface area contributed by atoms with Crippen LogP contribution >= 0.6 is 0 Å². The normalized spacial score (nSPS) is 26.9. The number of anilines is 1. The van der Waals surface area contributed by atoms with Gasteiger partial charge < -0.3 is 20.1 Å². The van der Waals surface area contributed by atoms with E-state index in [9.17, 15) is 15.0 Å². The Kier molecular flexibility index (Phi) is 4.95. The topological polar surface area (TPSA) is 107 Å². The minimum atomic E-state index is -0.500. The lowest BCUT2D eigenvalue weighted by molar-refractivity contribution is -0.0677. The summed E-state index contributed by atoms with van der Waals surface area (Å²) < 4.78 is 1.64. The number of imidazole rings is 1. The highest BCUT2D eigenvalue weighted by Crippen LogP contribution is 2.53. The third-order valence-electron chi connectivity index (χ3n) is 6.72. The number of fused-ring (bicyclic) bond motifs is 4. The Labute approximate surface area is 164 Å². The summed E-state index contributed by atoms with van der Waals surface area (Å²) in [5.41, 5.74) is 0.465. The van der Waals surface area contributed by atoms with E-state index in [0.717, 1.165) is 62.7 Å². The van der Waals surface area contributed by atoms with Crippen molar-refractivity contribution in [3.8, 4) is 0 Å². The zero-order valence-electron chi connectivity index (χ0n) is 16.9. The fraction of sp³-hybridized carbons (Fsp3) is 0.750. The number of hydrogen-bond acceptors (Lipinski definition) is 6. The molecule has 0 aliphatic heterocycles. The first-order valence-electron chi connectivity index (χ1n) is 10.5. The highest BCUT2D eigenvalue weighted by Gasteiger charge is 2.50. The molecule has 8 nitrogen and oxygen atoms in total. The summed E-state index contributed by atoms with van der Waals surface area (Å²) in [7, 11) is 0. The van der Waals surface area contributed by atoms with Gasteiger partial charge in [0.1, 0.15) is 18.1 Å². The molecule has 2 heterocycles. The first-order chi connectivity index (χ1) is 13.4. The second kappa shape index (κ2) is 7.15. The number of nitrogens with zero attached hydrogens (tertiary/aromatic N) is 4. The van der Waals surface area contributed by atoms with Crippen LogP contribution in [0.25, 0.3) is 11.2 Å². The van der Waals surface area contributed by atoms with Gasteiger partial charge in [-0.05, 0) is 51.4 Å². The molecule has 3 aliphatic rings. The monoisotopic (exact) mass is 389 g/mol. The molecule has 0 aromatic carbocycles. The maximum absolute atomic E-state index is 12.7. The van der Waals surface area contributed by atoms with Crippen LogP contribution < -0.4 is 10.6 Å². The molecule has 0 saturated heterocycles. The van der Waals surface area contributed by atoms with E-state index in [0.29, 0.717) is 24.6 Å². The van der Waals surface area contributed by atoms with Crippen LogP contribution in [0.15, 0.2) is 4.79 Å². The van der Waals surface area contributed by atoms with E-state index in [1.807, 2.05) is 13.8 Å². The molecule has 3 N–H and O–H groups in total. The number of H-pyrrole nitrogens is 1. The second-order valence-electron chi connectivity index (χ2n) is 8.56. The van der Waals surface area contributed by atoms with Crippen LogP contribution in [0.2, 0.25) is 0 Å². The average molecular weight is 390 g/mol. The van der Waals surface area contributed by atoms with Crippen LogP contribution in [-0.4, -0.2) is 48.6 Å². The van der Waals surface area contributed by atoms with E-state index in [2.05, 4.69) is 9.97 Å². The average Bonchev–Trinajstić information content (AvgIpc) is 3.15. The van der Waals surface area contributed by atoms with Gasteiger partial charge in [-0.15, -0.1) is 0 Å². The molecule has 28 heavy (non-hydrogen) atoms. The van der Waals surface area contributed by atoms with E-state index in [1.54, 1.807) is 9.47 Å². The minimum absolute atomic E-state index is 0.0668. The molecule has 2 bridgehead atoms. The van der Waals surface area contributed by atoms with Gasteiger partial charge in [-0.3, -0.25) is 4.57 Å². The van der Waals surface area contributed by atoms with E-state index in [-0.39, 0.29) is 17.8 Å². The highest BCUT2D eigenvalue weighted by atomic mass is 16.3. The number of hydrogen-bond donors (Lipinski definition) is 3. The Morgan fingerprint density at radius 3 is 2.36 bits per heavy atom. The molecule has 2 aromatic heterocycles. The third-order valence-corrected chi connectivity index (χ3v) is 6.72. The fourth-order valence-electron chi connectivity index (χ4n) is 4.95. The zero-order chi connectivity index (χ0) is 19.9. The van der Waals surface area contributed by atoms with Crippen molar-refractivity contribution in [2.24, 2.45) is 0 Å². The largest absolute Gasteiger partial charge is 0.390 e. The highest BCUT2D eigenvalue weighted by molar-refractivity contribution is 5.84. The molecule has 0 unspecified atom stereocenters. The Morgan fingerprint density at radius 1 is 1.11 bits per heavy atom. The zero-order valence-corrected chi connectivity index (χ0v) is 16.9. The summed E-state index contributed by atoms with van der Waals surface area (Å²) in [5, 5.41) is 20.4. The number of rotatable bonds is 7. The van der Waals surface area contributed by atoms with E-state index < -0.39 is 5.60 Å². The van der Waals surface area contributed by atoms with Gasteiger partial charge in [0, 0.05) is 18.5 Å². The van der Waals surface area contributed by atoms with Crippen LogP contribution in [0.1, 0.15) is 71.0 Å². The maximum atomic E-state index is 12.7. The van der Waals surface area contributed by atoms with Crippen LogP contribution in [-0.2, 0) is 12.0 Å². The van der Waals surface area contributed by atoms with Crippen molar-refractivity contribution >= 4 is 17.0 Å². The van der Waals surface area contributed by atoms with E-state index in [4.69, 9.17) is 4.98 Å². The molecule has 154 valence electrons. The summed E-state index contributed by atoms with van der Waals surface area (Å²) >= 11 is 0. The molecule has 3 saturated carbocycles. The maximum Gasteiger partial charge on any atom is 0.351 e. The Hall–Kier alpha value is -1.93. The Balaban J connectivity index is 1.86. The van der Waals surface area contributed by atoms with Crippen LogP contribution in [0.3, 0.4) is 0 Å². The van der Waals surface area contributed by atoms with E-state index in [1.165, 1.54) is 0 Å². The van der Waals surface area contributed by atoms with Crippen molar-refractivity contribution in [3.63, 3.8) is 0 Å². The second-order valence-corrected chi connectivity index (χ2v) is 8.56. The lowest BCUT2D eigenvalue weighted by atomic mass is 9.58. The minimum Gasteiger partial charge on any atom is -0.390 e. The van der Waals surface area contributed by atoms with Gasteiger partial charge in [-0.25, -0.2) is 9.78 Å². The van der Waals surface area contributed by atoms with Crippen molar-refractivity contribution in [1.29, 1.82) is 0 Å². The summed E-state index contributed by atoms with van der Waals surface area (Å²) in [6, 6.07) is 0. The summed E-state index contributed by atoms with van der Waals surface area (Å²) in [6.07, 6.45) is 6.77. The molecule has 0 radical (unpaired) electrons. The van der Waals surface area contributed by atoms with Crippen LogP contribution in [0, 0.1) is 0 Å². The van der Waals surface area contributed by atoms with Crippen LogP contribution in [0.5, 0.6) is 0 Å². The lowest BCUT2D eigenvalue weighted by Crippen LogP contribution is -2.48. The molecule has 0 spiro atoms. The molecule has 5 rings (SSSR count). The Morgan fingerprint density at radius 2 is 1.79 bits per heavy atom. The lowest BCUT2D eigenvalue weighted by Gasteiger charge is -2.49. The van der Waals surface area contributed by atoms with Crippen LogP contribution in [0.4, 0.5) is 5.82 Å². The number of aromatic amines is 1. The van der Waals surface area contributed by atoms with Gasteiger partial charge in [0.25, 0.3) is 0 Å². The van der Waals surface area contributed by atoms with Crippen molar-refractivity contribution < 1.29 is 10.2 Å². The van der Waals surface area contributed by atoms with Gasteiger partial charge in [0.2, 0.25) is 0 Å². The Bertz CT molecular complexity index is 894. The van der Waals surface area contributed by atoms with Gasteiger partial charge in [-0.2, -0.15) is 4.98 Å². The molecule has 2 aromatic rings. The number of aliphatic hydroxyl groups excluding tert-OH is 1. The van der Waals surface area contributed by atoms with Crippen molar-refractivity contribution in [2.75, 3.05) is 18.2 Å². The van der Waals surface area contributed by atoms with Crippen molar-refractivity contribution in [2.45, 2.75) is 82.8 Å². The molecular formula is C20H31N5O3. The summed E-state index contributed by atoms with van der Waals surface area (Å²) in [4.78, 5) is 27.1. The van der Waals surface area contributed by atoms with Gasteiger partial charge in [0.05, 0.1) is 5.60 Å². The van der Waals surface area contributed by atoms with Gasteiger partial charge in [0.15, 0.2) is 11.5 Å². The smallest absolute Gasteiger partial charge is 0.351 e. The first kappa shape index (κ1) is 19.4. The summed E-state index contributed by atoms with van der Waals surface area (Å²) in [6.45, 7) is 5.04. The SMILES string of the molecule is CCCN(CO)c1nc(=O)n(CCC)c2nc(C34CCC(O)(CC3)CC4)[nH]c12. The van der Waals surface area contributed by atoms with Gasteiger partial charge in [-0.1, -0.05) is 13.8 Å². The molecule has 8 heteroatoms. The van der Waals surface area contributed by atoms with Crippen molar-refractivity contribution in [1.82, 2.24) is 19.5 Å².